The van der Waals surface area contributed by atoms with E-state index < -0.39 is 11.7 Å². The molecule has 0 bridgehead atoms. The number of alkyl halides is 3. The SMILES string of the molecule is Cc1nn(-c2ccc(F)cc2)c(Cl)c1/C=N/Nc1ccc(C(F)(F)F)cn1. The number of nitrogens with one attached hydrogen (secondary N) is 1. The monoisotopic (exact) mass is 397 g/mol. The Labute approximate surface area is 156 Å². The summed E-state index contributed by atoms with van der Waals surface area (Å²) >= 11 is 6.30. The lowest BCUT2D eigenvalue weighted by molar-refractivity contribution is -0.137. The van der Waals surface area contributed by atoms with Gasteiger partial charge in [-0.15, -0.1) is 0 Å². The minimum absolute atomic E-state index is 0.138. The zero-order valence-electron chi connectivity index (χ0n) is 13.8. The average molecular weight is 398 g/mol. The zero-order chi connectivity index (χ0) is 19.6. The second kappa shape index (κ2) is 7.36. The third-order valence-electron chi connectivity index (χ3n) is 3.58. The number of hydrogen-bond acceptors (Lipinski definition) is 4. The second-order valence-electron chi connectivity index (χ2n) is 5.48. The molecule has 0 saturated heterocycles. The molecule has 27 heavy (non-hydrogen) atoms. The molecule has 0 amide bonds. The van der Waals surface area contributed by atoms with Crippen LogP contribution in [0.3, 0.4) is 0 Å². The summed E-state index contributed by atoms with van der Waals surface area (Å²) in [5.74, 6) is -0.243. The highest BCUT2D eigenvalue weighted by Crippen LogP contribution is 2.29. The van der Waals surface area contributed by atoms with Gasteiger partial charge < -0.3 is 0 Å². The minimum Gasteiger partial charge on any atom is -0.261 e. The number of pyridine rings is 1. The van der Waals surface area contributed by atoms with Gasteiger partial charge in [0.15, 0.2) is 0 Å². The second-order valence-corrected chi connectivity index (χ2v) is 5.84. The molecule has 0 unspecified atom stereocenters. The lowest BCUT2D eigenvalue weighted by Crippen LogP contribution is -2.05. The van der Waals surface area contributed by atoms with Gasteiger partial charge in [-0.3, -0.25) is 5.43 Å². The number of hydrogen-bond donors (Lipinski definition) is 1. The fourth-order valence-corrected chi connectivity index (χ4v) is 2.52. The van der Waals surface area contributed by atoms with Crippen LogP contribution in [-0.4, -0.2) is 21.0 Å². The van der Waals surface area contributed by atoms with Crippen molar-refractivity contribution in [2.75, 3.05) is 5.43 Å². The van der Waals surface area contributed by atoms with Crippen LogP contribution in [0.15, 0.2) is 47.7 Å². The molecule has 1 aromatic carbocycles. The van der Waals surface area contributed by atoms with Gasteiger partial charge in [0.1, 0.15) is 16.8 Å². The Morgan fingerprint density at radius 1 is 1.15 bits per heavy atom. The van der Waals surface area contributed by atoms with Crippen LogP contribution >= 0.6 is 11.6 Å². The Bertz CT molecular complexity index is 963. The van der Waals surface area contributed by atoms with E-state index in [-0.39, 0.29) is 16.8 Å². The number of nitrogens with zero attached hydrogens (tertiary/aromatic N) is 4. The summed E-state index contributed by atoms with van der Waals surface area (Å²) in [5.41, 5.74) is 3.31. The molecule has 0 aliphatic rings. The van der Waals surface area contributed by atoms with Crippen LogP contribution in [-0.2, 0) is 6.18 Å². The van der Waals surface area contributed by atoms with Gasteiger partial charge in [-0.25, -0.2) is 14.1 Å². The third-order valence-corrected chi connectivity index (χ3v) is 3.95. The number of hydrazone groups is 1. The van der Waals surface area contributed by atoms with Gasteiger partial charge in [0.05, 0.1) is 28.7 Å². The number of aromatic nitrogens is 3. The average Bonchev–Trinajstić information content (AvgIpc) is 2.90. The van der Waals surface area contributed by atoms with E-state index in [2.05, 4.69) is 20.6 Å². The van der Waals surface area contributed by atoms with Gasteiger partial charge >= 0.3 is 6.18 Å². The summed E-state index contributed by atoms with van der Waals surface area (Å²) in [6.07, 6.45) is -2.36. The molecule has 0 radical (unpaired) electrons. The molecule has 0 aliphatic heterocycles. The fraction of sp³-hybridized carbons (Fsp3) is 0.118. The van der Waals surface area contributed by atoms with E-state index in [1.54, 1.807) is 6.92 Å². The predicted octanol–water partition coefficient (Wildman–Crippen LogP) is 4.83. The fourth-order valence-electron chi connectivity index (χ4n) is 2.20. The highest BCUT2D eigenvalue weighted by Gasteiger charge is 2.30. The summed E-state index contributed by atoms with van der Waals surface area (Å²) in [6, 6.07) is 7.69. The normalized spacial score (nSPS) is 11.9. The van der Waals surface area contributed by atoms with Gasteiger partial charge in [-0.2, -0.15) is 23.4 Å². The van der Waals surface area contributed by atoms with E-state index in [0.29, 0.717) is 23.1 Å². The zero-order valence-corrected chi connectivity index (χ0v) is 14.6. The van der Waals surface area contributed by atoms with Crippen LogP contribution < -0.4 is 5.43 Å². The molecule has 2 aromatic heterocycles. The number of benzene rings is 1. The van der Waals surface area contributed by atoms with Crippen LogP contribution in [0.1, 0.15) is 16.8 Å². The molecular weight excluding hydrogens is 386 g/mol. The summed E-state index contributed by atoms with van der Waals surface area (Å²) < 4.78 is 52.0. The van der Waals surface area contributed by atoms with E-state index in [4.69, 9.17) is 11.6 Å². The molecule has 10 heteroatoms. The van der Waals surface area contributed by atoms with Gasteiger partial charge in [0, 0.05) is 6.20 Å². The molecule has 140 valence electrons. The Kier molecular flexibility index (Phi) is 5.13. The maximum atomic E-state index is 13.0. The Morgan fingerprint density at radius 2 is 1.85 bits per heavy atom. The Balaban J connectivity index is 1.77. The highest BCUT2D eigenvalue weighted by atomic mass is 35.5. The topological polar surface area (TPSA) is 55.1 Å². The van der Waals surface area contributed by atoms with Gasteiger partial charge in [-0.1, -0.05) is 11.6 Å². The van der Waals surface area contributed by atoms with Crippen molar-refractivity contribution in [2.24, 2.45) is 5.10 Å². The molecule has 0 saturated carbocycles. The van der Waals surface area contributed by atoms with Crippen LogP contribution in [0, 0.1) is 12.7 Å². The molecule has 0 fully saturated rings. The predicted molar refractivity (Wildman–Crippen MR) is 93.7 cm³/mol. The van der Waals surface area contributed by atoms with Crippen molar-refractivity contribution in [3.8, 4) is 5.69 Å². The van der Waals surface area contributed by atoms with E-state index in [1.165, 1.54) is 35.2 Å². The van der Waals surface area contributed by atoms with Crippen LogP contribution in [0.5, 0.6) is 0 Å². The third kappa shape index (κ3) is 4.25. The smallest absolute Gasteiger partial charge is 0.261 e. The summed E-state index contributed by atoms with van der Waals surface area (Å²) in [7, 11) is 0. The van der Waals surface area contributed by atoms with Crippen molar-refractivity contribution < 1.29 is 17.6 Å². The van der Waals surface area contributed by atoms with E-state index in [9.17, 15) is 17.6 Å². The number of halogens is 5. The van der Waals surface area contributed by atoms with Gasteiger partial charge in [0.25, 0.3) is 0 Å². The molecule has 5 nitrogen and oxygen atoms in total. The van der Waals surface area contributed by atoms with E-state index in [1.807, 2.05) is 0 Å². The molecule has 0 aliphatic carbocycles. The minimum atomic E-state index is -4.45. The first-order valence-electron chi connectivity index (χ1n) is 7.59. The quantitative estimate of drug-likeness (QED) is 0.389. The maximum absolute atomic E-state index is 13.0. The number of aryl methyl sites for hydroxylation is 1. The largest absolute Gasteiger partial charge is 0.417 e. The Hall–Kier alpha value is -2.94. The summed E-state index contributed by atoms with van der Waals surface area (Å²) in [6.45, 7) is 1.71. The van der Waals surface area contributed by atoms with Crippen LogP contribution in [0.4, 0.5) is 23.4 Å². The molecule has 0 atom stereocenters. The molecule has 3 aromatic rings. The summed E-state index contributed by atoms with van der Waals surface area (Å²) in [4.78, 5) is 3.65. The molecule has 0 spiro atoms. The maximum Gasteiger partial charge on any atom is 0.417 e. The molecule has 2 heterocycles. The van der Waals surface area contributed by atoms with Crippen molar-refractivity contribution in [2.45, 2.75) is 13.1 Å². The van der Waals surface area contributed by atoms with Crippen LogP contribution in [0.25, 0.3) is 5.69 Å². The van der Waals surface area contributed by atoms with Crippen molar-refractivity contribution in [3.63, 3.8) is 0 Å². The van der Waals surface area contributed by atoms with Crippen molar-refractivity contribution in [1.82, 2.24) is 14.8 Å². The lowest BCUT2D eigenvalue weighted by Gasteiger charge is -2.06. The van der Waals surface area contributed by atoms with Crippen molar-refractivity contribution >= 4 is 23.6 Å². The van der Waals surface area contributed by atoms with E-state index in [0.717, 1.165) is 12.1 Å². The van der Waals surface area contributed by atoms with E-state index >= 15 is 0 Å². The summed E-state index contributed by atoms with van der Waals surface area (Å²) in [5, 5.41) is 8.46. The molecular formula is C17H12ClF4N5. The lowest BCUT2D eigenvalue weighted by atomic mass is 10.3. The first-order chi connectivity index (χ1) is 12.8. The van der Waals surface area contributed by atoms with Crippen molar-refractivity contribution in [1.29, 1.82) is 0 Å². The highest BCUT2D eigenvalue weighted by molar-refractivity contribution is 6.32. The van der Waals surface area contributed by atoms with Crippen molar-refractivity contribution in [3.05, 3.63) is 70.4 Å². The number of anilines is 1. The standard InChI is InChI=1S/C17H12ClF4N5/c1-10-14(16(18)27(26-10)13-5-3-12(19)4-6-13)9-24-25-15-7-2-11(8-23-15)17(20,21)22/h2-9H,1H3,(H,23,25)/b24-9+. The molecule has 3 rings (SSSR count). The van der Waals surface area contributed by atoms with Gasteiger partial charge in [-0.05, 0) is 43.3 Å². The first-order valence-corrected chi connectivity index (χ1v) is 7.97. The Morgan fingerprint density at radius 3 is 2.44 bits per heavy atom. The number of rotatable bonds is 4. The van der Waals surface area contributed by atoms with Gasteiger partial charge in [0.2, 0.25) is 0 Å². The van der Waals surface area contributed by atoms with Crippen LogP contribution in [0.2, 0.25) is 5.15 Å². The first kappa shape index (κ1) is 18.8. The molecule has 1 N–H and O–H groups in total.